The summed E-state index contributed by atoms with van der Waals surface area (Å²) < 4.78 is 12.1. The van der Waals surface area contributed by atoms with E-state index in [9.17, 15) is 13.8 Å². The molecule has 6 nitrogen and oxygen atoms in total. The third-order valence-electron chi connectivity index (χ3n) is 2.85. The number of hydrogen-bond acceptors (Lipinski definition) is 3. The molecule has 1 aromatic rings. The van der Waals surface area contributed by atoms with Crippen molar-refractivity contribution in [2.75, 3.05) is 25.4 Å². The Balaban J connectivity index is 2.04. The molecule has 0 radical (unpaired) electrons. The maximum atomic E-state index is 12.1. The molecule has 1 heterocycles. The fraction of sp³-hybridized carbons (Fsp3) is 0.333. The van der Waals surface area contributed by atoms with Crippen molar-refractivity contribution in [3.05, 3.63) is 29.8 Å². The SMILES string of the molecule is O=C(O)c1ccccc1S(=O)CCN1CCNC1=O. The molecule has 0 bridgehead atoms. The summed E-state index contributed by atoms with van der Waals surface area (Å²) >= 11 is 0. The normalized spacial score (nSPS) is 16.2. The number of carboxylic acid groups (broad SMARTS) is 1. The molecule has 1 aliphatic rings. The molecule has 0 aliphatic carbocycles. The Bertz CT molecular complexity index is 532. The summed E-state index contributed by atoms with van der Waals surface area (Å²) in [7, 11) is -1.43. The summed E-state index contributed by atoms with van der Waals surface area (Å²) in [5.74, 6) is -0.861. The third-order valence-corrected chi connectivity index (χ3v) is 4.25. The highest BCUT2D eigenvalue weighted by atomic mass is 32.2. The maximum Gasteiger partial charge on any atom is 0.336 e. The van der Waals surface area contributed by atoms with E-state index in [1.165, 1.54) is 6.07 Å². The average molecular weight is 282 g/mol. The van der Waals surface area contributed by atoms with Crippen molar-refractivity contribution in [1.82, 2.24) is 10.2 Å². The number of carboxylic acids is 1. The van der Waals surface area contributed by atoms with Crippen LogP contribution in [0.3, 0.4) is 0 Å². The van der Waals surface area contributed by atoms with Crippen LogP contribution in [0.25, 0.3) is 0 Å². The van der Waals surface area contributed by atoms with E-state index < -0.39 is 16.8 Å². The van der Waals surface area contributed by atoms with Crippen LogP contribution in [-0.4, -0.2) is 51.6 Å². The molecule has 0 spiro atoms. The molecule has 7 heteroatoms. The lowest BCUT2D eigenvalue weighted by Gasteiger charge is -2.13. The van der Waals surface area contributed by atoms with E-state index in [0.29, 0.717) is 24.5 Å². The molecule has 1 fully saturated rings. The van der Waals surface area contributed by atoms with Crippen LogP contribution >= 0.6 is 0 Å². The molecule has 2 N–H and O–H groups in total. The molecule has 2 rings (SSSR count). The Hall–Kier alpha value is -1.89. The zero-order valence-corrected chi connectivity index (χ0v) is 11.0. The maximum absolute atomic E-state index is 12.1. The van der Waals surface area contributed by atoms with Crippen molar-refractivity contribution in [2.24, 2.45) is 0 Å². The van der Waals surface area contributed by atoms with Crippen molar-refractivity contribution < 1.29 is 18.9 Å². The van der Waals surface area contributed by atoms with Crippen molar-refractivity contribution in [2.45, 2.75) is 4.90 Å². The van der Waals surface area contributed by atoms with Crippen LogP contribution in [0.15, 0.2) is 29.2 Å². The van der Waals surface area contributed by atoms with Gasteiger partial charge in [0.15, 0.2) is 0 Å². The van der Waals surface area contributed by atoms with Crippen LogP contribution < -0.4 is 5.32 Å². The first-order valence-corrected chi connectivity index (χ1v) is 7.15. The molecule has 0 aromatic heterocycles. The van der Waals surface area contributed by atoms with E-state index in [0.717, 1.165) is 0 Å². The lowest BCUT2D eigenvalue weighted by molar-refractivity contribution is 0.0693. The Morgan fingerprint density at radius 1 is 1.42 bits per heavy atom. The van der Waals surface area contributed by atoms with Gasteiger partial charge in [-0.2, -0.15) is 0 Å². The van der Waals surface area contributed by atoms with Gasteiger partial charge in [0.05, 0.1) is 21.3 Å². The topological polar surface area (TPSA) is 86.7 Å². The van der Waals surface area contributed by atoms with Gasteiger partial charge >= 0.3 is 12.0 Å². The van der Waals surface area contributed by atoms with Crippen LogP contribution in [0.2, 0.25) is 0 Å². The van der Waals surface area contributed by atoms with Gasteiger partial charge in [0.25, 0.3) is 0 Å². The van der Waals surface area contributed by atoms with E-state index in [4.69, 9.17) is 5.11 Å². The first kappa shape index (κ1) is 13.5. The number of rotatable bonds is 5. The number of carbonyl (C=O) groups is 2. The van der Waals surface area contributed by atoms with Crippen LogP contribution in [-0.2, 0) is 10.8 Å². The van der Waals surface area contributed by atoms with Gasteiger partial charge in [-0.25, -0.2) is 9.59 Å². The summed E-state index contributed by atoms with van der Waals surface area (Å²) in [6.45, 7) is 1.54. The third kappa shape index (κ3) is 3.11. The number of nitrogens with one attached hydrogen (secondary N) is 1. The summed E-state index contributed by atoms with van der Waals surface area (Å²) in [5.41, 5.74) is 0.0479. The van der Waals surface area contributed by atoms with Gasteiger partial charge < -0.3 is 15.3 Å². The van der Waals surface area contributed by atoms with E-state index >= 15 is 0 Å². The summed E-state index contributed by atoms with van der Waals surface area (Å²) in [6.07, 6.45) is 0. The number of amides is 2. The minimum atomic E-state index is -1.43. The van der Waals surface area contributed by atoms with Crippen LogP contribution in [0.5, 0.6) is 0 Å². The van der Waals surface area contributed by atoms with Gasteiger partial charge in [0.1, 0.15) is 0 Å². The summed E-state index contributed by atoms with van der Waals surface area (Å²) in [6, 6.07) is 6.06. The lowest BCUT2D eigenvalue weighted by atomic mass is 10.2. The lowest BCUT2D eigenvalue weighted by Crippen LogP contribution is -2.31. The molecule has 1 saturated heterocycles. The zero-order chi connectivity index (χ0) is 13.8. The molecule has 1 aromatic carbocycles. The predicted molar refractivity (Wildman–Crippen MR) is 69.6 cm³/mol. The smallest absolute Gasteiger partial charge is 0.336 e. The highest BCUT2D eigenvalue weighted by molar-refractivity contribution is 7.85. The number of urea groups is 1. The number of aromatic carboxylic acids is 1. The fourth-order valence-electron chi connectivity index (χ4n) is 1.87. The molecule has 1 unspecified atom stereocenters. The minimum absolute atomic E-state index is 0.0479. The Morgan fingerprint density at radius 3 is 2.79 bits per heavy atom. The summed E-state index contributed by atoms with van der Waals surface area (Å²) in [4.78, 5) is 24.2. The molecule has 19 heavy (non-hydrogen) atoms. The van der Waals surface area contributed by atoms with E-state index in [1.54, 1.807) is 23.1 Å². The molecule has 0 saturated carbocycles. The first-order chi connectivity index (χ1) is 9.09. The second-order valence-corrected chi connectivity index (χ2v) is 5.61. The van der Waals surface area contributed by atoms with E-state index in [-0.39, 0.29) is 17.3 Å². The predicted octanol–water partition coefficient (Wildman–Crippen LogP) is 0.518. The van der Waals surface area contributed by atoms with Gasteiger partial charge in [0, 0.05) is 25.4 Å². The molecule has 1 atom stereocenters. The molecular formula is C12H14N2O4S. The number of hydrogen-bond donors (Lipinski definition) is 2. The van der Waals surface area contributed by atoms with Crippen molar-refractivity contribution >= 4 is 22.8 Å². The highest BCUT2D eigenvalue weighted by Crippen LogP contribution is 2.14. The largest absolute Gasteiger partial charge is 0.478 e. The second-order valence-electron chi connectivity index (χ2n) is 4.07. The highest BCUT2D eigenvalue weighted by Gasteiger charge is 2.21. The summed E-state index contributed by atoms with van der Waals surface area (Å²) in [5, 5.41) is 11.7. The monoisotopic (exact) mass is 282 g/mol. The van der Waals surface area contributed by atoms with Crippen molar-refractivity contribution in [3.8, 4) is 0 Å². The first-order valence-electron chi connectivity index (χ1n) is 5.83. The van der Waals surface area contributed by atoms with Crippen molar-refractivity contribution in [1.29, 1.82) is 0 Å². The minimum Gasteiger partial charge on any atom is -0.478 e. The fourth-order valence-corrected chi connectivity index (χ4v) is 3.11. The number of benzene rings is 1. The van der Waals surface area contributed by atoms with Crippen LogP contribution in [0, 0.1) is 0 Å². The molecule has 102 valence electrons. The van der Waals surface area contributed by atoms with E-state index in [2.05, 4.69) is 5.32 Å². The number of nitrogens with zero attached hydrogens (tertiary/aromatic N) is 1. The van der Waals surface area contributed by atoms with Gasteiger partial charge in [-0.05, 0) is 12.1 Å². The Labute approximate surface area is 112 Å². The Morgan fingerprint density at radius 2 is 2.16 bits per heavy atom. The Kier molecular flexibility index (Phi) is 4.16. The second kappa shape index (κ2) is 5.83. The molecule has 1 aliphatic heterocycles. The van der Waals surface area contributed by atoms with E-state index in [1.807, 2.05) is 0 Å². The van der Waals surface area contributed by atoms with Crippen LogP contribution in [0.4, 0.5) is 4.79 Å². The molecule has 2 amide bonds. The van der Waals surface area contributed by atoms with Crippen LogP contribution in [0.1, 0.15) is 10.4 Å². The van der Waals surface area contributed by atoms with Gasteiger partial charge in [-0.3, -0.25) is 4.21 Å². The number of carbonyl (C=O) groups excluding carboxylic acids is 1. The van der Waals surface area contributed by atoms with Gasteiger partial charge in [-0.15, -0.1) is 0 Å². The molecular weight excluding hydrogens is 268 g/mol. The zero-order valence-electron chi connectivity index (χ0n) is 10.2. The quantitative estimate of drug-likeness (QED) is 0.824. The van der Waals surface area contributed by atoms with Crippen molar-refractivity contribution in [3.63, 3.8) is 0 Å². The van der Waals surface area contributed by atoms with Gasteiger partial charge in [0.2, 0.25) is 0 Å². The average Bonchev–Trinajstić information content (AvgIpc) is 2.81. The van der Waals surface area contributed by atoms with Gasteiger partial charge in [-0.1, -0.05) is 12.1 Å². The standard InChI is InChI=1S/C12H14N2O4S/c15-11(16)9-3-1-2-4-10(9)19(18)8-7-14-6-5-13-12(14)17/h1-4H,5-8H2,(H,13,17)(H,15,16).